The normalized spacial score (nSPS) is 24.7. The molecular formula is C20H17F3N2O3S. The third-order valence-corrected chi connectivity index (χ3v) is 6.26. The minimum absolute atomic E-state index is 0.103. The number of halogens is 3. The monoisotopic (exact) mass is 422 g/mol. The number of thiophene rings is 1. The number of benzene rings is 1. The number of aromatic nitrogens is 1. The smallest absolute Gasteiger partial charge is 0.390 e. The molecule has 0 aliphatic heterocycles. The lowest BCUT2D eigenvalue weighted by molar-refractivity contribution is -0.141. The van der Waals surface area contributed by atoms with Crippen molar-refractivity contribution in [2.24, 2.45) is 0 Å². The fourth-order valence-electron chi connectivity index (χ4n) is 3.66. The number of carbonyl (C=O) groups is 1. The van der Waals surface area contributed by atoms with Crippen LogP contribution in [0.5, 0.6) is 0 Å². The molecule has 0 radical (unpaired) electrons. The molecule has 0 bridgehead atoms. The number of rotatable bonds is 3. The van der Waals surface area contributed by atoms with Gasteiger partial charge in [-0.3, -0.25) is 9.78 Å². The molecule has 4 unspecified atom stereocenters. The standard InChI is InChI=1S/C20H17F3N2O3S/c21-20(22,23)16-6-5-11(9-24-16)12-8-13(26)18(27)17(12)25-19(28)15-7-10-3-1-2-4-14(10)29-15/h1-7,9,12-13,17-18,26-27H,8H2,(H,25,28). The third kappa shape index (κ3) is 3.85. The number of pyridine rings is 1. The van der Waals surface area contributed by atoms with E-state index in [0.717, 1.165) is 22.3 Å². The second kappa shape index (κ2) is 7.40. The van der Waals surface area contributed by atoms with Crippen molar-refractivity contribution in [3.05, 3.63) is 64.8 Å². The van der Waals surface area contributed by atoms with Crippen molar-refractivity contribution in [1.82, 2.24) is 10.3 Å². The van der Waals surface area contributed by atoms with E-state index < -0.39 is 41.9 Å². The van der Waals surface area contributed by atoms with Crippen LogP contribution < -0.4 is 5.32 Å². The maximum absolute atomic E-state index is 12.7. The van der Waals surface area contributed by atoms with Gasteiger partial charge in [-0.15, -0.1) is 11.3 Å². The molecule has 1 saturated carbocycles. The van der Waals surface area contributed by atoms with Crippen LogP contribution in [0.25, 0.3) is 10.1 Å². The maximum Gasteiger partial charge on any atom is 0.433 e. The lowest BCUT2D eigenvalue weighted by Crippen LogP contribution is -2.45. The van der Waals surface area contributed by atoms with E-state index in [-0.39, 0.29) is 6.42 Å². The molecule has 2 heterocycles. The molecule has 3 aromatic rings. The predicted octanol–water partition coefficient (Wildman–Crippen LogP) is 3.32. The first-order chi connectivity index (χ1) is 13.7. The molecule has 5 nitrogen and oxygen atoms in total. The zero-order chi connectivity index (χ0) is 20.8. The van der Waals surface area contributed by atoms with Crippen LogP contribution >= 0.6 is 11.3 Å². The number of amides is 1. The average molecular weight is 422 g/mol. The first-order valence-corrected chi connectivity index (χ1v) is 9.74. The third-order valence-electron chi connectivity index (χ3n) is 5.14. The maximum atomic E-state index is 12.7. The van der Waals surface area contributed by atoms with Crippen molar-refractivity contribution in [2.75, 3.05) is 0 Å². The topological polar surface area (TPSA) is 82.5 Å². The summed E-state index contributed by atoms with van der Waals surface area (Å²) in [5.41, 5.74) is -0.610. The highest BCUT2D eigenvalue weighted by atomic mass is 32.1. The van der Waals surface area contributed by atoms with E-state index in [2.05, 4.69) is 10.3 Å². The van der Waals surface area contributed by atoms with Crippen LogP contribution in [0.4, 0.5) is 13.2 Å². The summed E-state index contributed by atoms with van der Waals surface area (Å²) in [6.07, 6.45) is -5.71. The molecule has 1 amide bonds. The largest absolute Gasteiger partial charge is 0.433 e. The highest BCUT2D eigenvalue weighted by Gasteiger charge is 2.44. The number of aliphatic hydroxyl groups is 2. The van der Waals surface area contributed by atoms with E-state index in [4.69, 9.17) is 0 Å². The Morgan fingerprint density at radius 2 is 1.93 bits per heavy atom. The summed E-state index contributed by atoms with van der Waals surface area (Å²) >= 11 is 1.30. The van der Waals surface area contributed by atoms with Crippen molar-refractivity contribution in [3.63, 3.8) is 0 Å². The van der Waals surface area contributed by atoms with Crippen molar-refractivity contribution < 1.29 is 28.2 Å². The zero-order valence-electron chi connectivity index (χ0n) is 14.9. The summed E-state index contributed by atoms with van der Waals surface area (Å²) in [4.78, 5) is 16.6. The number of hydrogen-bond acceptors (Lipinski definition) is 5. The fourth-order valence-corrected chi connectivity index (χ4v) is 4.63. The van der Waals surface area contributed by atoms with Gasteiger partial charge in [-0.2, -0.15) is 13.2 Å². The summed E-state index contributed by atoms with van der Waals surface area (Å²) in [6, 6.07) is 10.5. The SMILES string of the molecule is O=C(NC1C(c2ccc(C(F)(F)F)nc2)CC(O)C1O)c1cc2ccccc2s1. The molecule has 1 aliphatic rings. The van der Waals surface area contributed by atoms with Gasteiger partial charge in [-0.05, 0) is 35.6 Å². The molecule has 2 aromatic heterocycles. The molecule has 0 spiro atoms. The summed E-state index contributed by atoms with van der Waals surface area (Å²) in [7, 11) is 0. The molecule has 3 N–H and O–H groups in total. The van der Waals surface area contributed by atoms with Crippen LogP contribution in [-0.2, 0) is 6.18 Å². The molecular weight excluding hydrogens is 405 g/mol. The van der Waals surface area contributed by atoms with Crippen molar-refractivity contribution in [1.29, 1.82) is 0 Å². The lowest BCUT2D eigenvalue weighted by atomic mass is 9.94. The van der Waals surface area contributed by atoms with Gasteiger partial charge in [0.2, 0.25) is 0 Å². The van der Waals surface area contributed by atoms with Gasteiger partial charge in [0, 0.05) is 16.8 Å². The van der Waals surface area contributed by atoms with E-state index in [0.29, 0.717) is 10.4 Å². The number of nitrogens with zero attached hydrogens (tertiary/aromatic N) is 1. The summed E-state index contributed by atoms with van der Waals surface area (Å²) in [5, 5.41) is 24.1. The highest BCUT2D eigenvalue weighted by Crippen LogP contribution is 2.37. The van der Waals surface area contributed by atoms with Crippen LogP contribution in [0, 0.1) is 0 Å². The number of nitrogens with one attached hydrogen (secondary N) is 1. The van der Waals surface area contributed by atoms with E-state index in [1.165, 1.54) is 17.4 Å². The molecule has 1 aromatic carbocycles. The Kier molecular flexibility index (Phi) is 5.05. The molecule has 1 fully saturated rings. The van der Waals surface area contributed by atoms with Gasteiger partial charge < -0.3 is 15.5 Å². The van der Waals surface area contributed by atoms with Crippen LogP contribution in [0.15, 0.2) is 48.7 Å². The number of alkyl halides is 3. The van der Waals surface area contributed by atoms with Crippen LogP contribution in [0.3, 0.4) is 0 Å². The molecule has 4 rings (SSSR count). The van der Waals surface area contributed by atoms with E-state index in [9.17, 15) is 28.2 Å². The Bertz CT molecular complexity index is 1000. The average Bonchev–Trinajstić information content (AvgIpc) is 3.24. The van der Waals surface area contributed by atoms with Gasteiger partial charge in [0.15, 0.2) is 0 Å². The number of hydrogen-bond donors (Lipinski definition) is 3. The Hall–Kier alpha value is -2.49. The van der Waals surface area contributed by atoms with E-state index in [1.54, 1.807) is 6.07 Å². The molecule has 152 valence electrons. The Morgan fingerprint density at radius 1 is 1.17 bits per heavy atom. The number of aliphatic hydroxyl groups excluding tert-OH is 2. The second-order valence-corrected chi connectivity index (χ2v) is 8.11. The highest BCUT2D eigenvalue weighted by molar-refractivity contribution is 7.20. The minimum Gasteiger partial charge on any atom is -0.390 e. The van der Waals surface area contributed by atoms with Gasteiger partial charge in [0.25, 0.3) is 5.91 Å². The van der Waals surface area contributed by atoms with Gasteiger partial charge in [-0.1, -0.05) is 24.3 Å². The van der Waals surface area contributed by atoms with Crippen molar-refractivity contribution in [3.8, 4) is 0 Å². The molecule has 9 heteroatoms. The lowest BCUT2D eigenvalue weighted by Gasteiger charge is -2.23. The van der Waals surface area contributed by atoms with Gasteiger partial charge >= 0.3 is 6.18 Å². The summed E-state index contributed by atoms with van der Waals surface area (Å²) in [6.45, 7) is 0. The second-order valence-electron chi connectivity index (χ2n) is 7.02. The molecule has 29 heavy (non-hydrogen) atoms. The Morgan fingerprint density at radius 3 is 2.59 bits per heavy atom. The van der Waals surface area contributed by atoms with Gasteiger partial charge in [0.1, 0.15) is 11.8 Å². The van der Waals surface area contributed by atoms with Crippen LogP contribution in [0.1, 0.15) is 33.3 Å². The summed E-state index contributed by atoms with van der Waals surface area (Å²) < 4.78 is 39.2. The number of carbonyl (C=O) groups excluding carboxylic acids is 1. The van der Waals surface area contributed by atoms with Crippen molar-refractivity contribution in [2.45, 2.75) is 36.8 Å². The fraction of sp³-hybridized carbons (Fsp3) is 0.300. The molecule has 0 saturated heterocycles. The first-order valence-electron chi connectivity index (χ1n) is 8.93. The molecule has 4 atom stereocenters. The van der Waals surface area contributed by atoms with Crippen LogP contribution in [0.2, 0.25) is 0 Å². The minimum atomic E-state index is -4.55. The van der Waals surface area contributed by atoms with E-state index in [1.807, 2.05) is 24.3 Å². The van der Waals surface area contributed by atoms with E-state index >= 15 is 0 Å². The van der Waals surface area contributed by atoms with Gasteiger partial charge in [0.05, 0.1) is 17.0 Å². The Balaban J connectivity index is 1.57. The van der Waals surface area contributed by atoms with Crippen molar-refractivity contribution >= 4 is 27.3 Å². The Labute approximate surface area is 167 Å². The number of fused-ring (bicyclic) bond motifs is 1. The predicted molar refractivity (Wildman–Crippen MR) is 102 cm³/mol. The van der Waals surface area contributed by atoms with Crippen LogP contribution in [-0.4, -0.2) is 39.4 Å². The zero-order valence-corrected chi connectivity index (χ0v) is 15.7. The molecule has 1 aliphatic carbocycles. The van der Waals surface area contributed by atoms with Gasteiger partial charge in [-0.25, -0.2) is 0 Å². The quantitative estimate of drug-likeness (QED) is 0.605. The first kappa shape index (κ1) is 19.8. The summed E-state index contributed by atoms with van der Waals surface area (Å²) in [5.74, 6) is -0.970.